The summed E-state index contributed by atoms with van der Waals surface area (Å²) in [5.74, 6) is 4.15. The lowest BCUT2D eigenvalue weighted by Crippen LogP contribution is -1.94. The Morgan fingerprint density at radius 1 is 1.00 bits per heavy atom. The van der Waals surface area contributed by atoms with Gasteiger partial charge >= 0.3 is 0 Å². The van der Waals surface area contributed by atoms with Gasteiger partial charge in [0, 0.05) is 22.6 Å². The molecule has 1 N–H and O–H groups in total. The van der Waals surface area contributed by atoms with E-state index in [1.807, 2.05) is 71.1 Å². The van der Waals surface area contributed by atoms with Gasteiger partial charge in [0.2, 0.25) is 0 Å². The van der Waals surface area contributed by atoms with Gasteiger partial charge in [-0.25, -0.2) is 0 Å². The third-order valence-electron chi connectivity index (χ3n) is 2.34. The Morgan fingerprint density at radius 3 is 2.44 bits per heavy atom. The molecule has 18 heavy (non-hydrogen) atoms. The van der Waals surface area contributed by atoms with Crippen LogP contribution in [-0.4, -0.2) is 5.11 Å². The lowest BCUT2D eigenvalue weighted by Gasteiger charge is -2.08. The predicted octanol–water partition coefficient (Wildman–Crippen LogP) is 3.91. The minimum Gasteiger partial charge on any atom is -0.457 e. The highest BCUT2D eigenvalue weighted by Gasteiger charge is 2.05. The number of halogens is 1. The fraction of sp³-hybridized carbons (Fsp3) is 0.0667. The maximum absolute atomic E-state index is 9.78. The number of ether oxygens (including phenoxy) is 1. The van der Waals surface area contributed by atoms with Gasteiger partial charge < -0.3 is 9.84 Å². The number of aliphatic hydroxyl groups is 1. The van der Waals surface area contributed by atoms with Crippen LogP contribution < -0.4 is 4.74 Å². The molecule has 2 rings (SSSR count). The molecule has 1 unspecified atom stereocenters. The highest BCUT2D eigenvalue weighted by Crippen LogP contribution is 2.24. The molecule has 0 aliphatic rings. The molecular weight excluding hydrogens is 339 g/mol. The average molecular weight is 350 g/mol. The number of rotatable bonds is 3. The molecule has 90 valence electrons. The first kappa shape index (κ1) is 12.9. The summed E-state index contributed by atoms with van der Waals surface area (Å²) in [6.07, 6.45) is -0.777. The molecule has 2 nitrogen and oxygen atoms in total. The number of hydrogen-bond donors (Lipinski definition) is 1. The summed E-state index contributed by atoms with van der Waals surface area (Å²) in [5, 5.41) is 9.78. The Morgan fingerprint density at radius 2 is 1.72 bits per heavy atom. The number of aliphatic hydroxyl groups excluding tert-OH is 1. The molecule has 0 saturated carbocycles. The fourth-order valence-electron chi connectivity index (χ4n) is 1.51. The van der Waals surface area contributed by atoms with Crippen LogP contribution in [0, 0.1) is 9.85 Å². The lowest BCUT2D eigenvalue weighted by molar-refractivity contribution is 0.238. The van der Waals surface area contributed by atoms with Gasteiger partial charge in [0.05, 0.1) is 0 Å². The molecule has 0 radical (unpaired) electrons. The Kier molecular flexibility index (Phi) is 4.62. The van der Waals surface area contributed by atoms with Gasteiger partial charge in [-0.2, -0.15) is 0 Å². The van der Waals surface area contributed by atoms with Crippen LogP contribution in [0.3, 0.4) is 0 Å². The second-order valence-electron chi connectivity index (χ2n) is 3.63. The van der Waals surface area contributed by atoms with E-state index in [-0.39, 0.29) is 0 Å². The summed E-state index contributed by atoms with van der Waals surface area (Å²) in [6, 6.07) is 16.8. The second kappa shape index (κ2) is 6.43. The van der Waals surface area contributed by atoms with E-state index in [4.69, 9.17) is 4.74 Å². The summed E-state index contributed by atoms with van der Waals surface area (Å²) in [5.41, 5.74) is 0.729. The maximum atomic E-state index is 9.78. The van der Waals surface area contributed by atoms with Crippen LogP contribution in [0.1, 0.15) is 11.7 Å². The highest BCUT2D eigenvalue weighted by atomic mass is 127. The molecule has 2 aromatic carbocycles. The Balaban J connectivity index is 2.19. The van der Waals surface area contributed by atoms with Gasteiger partial charge in [0.25, 0.3) is 0 Å². The first-order valence-electron chi connectivity index (χ1n) is 5.41. The zero-order valence-corrected chi connectivity index (χ0v) is 11.7. The summed E-state index contributed by atoms with van der Waals surface area (Å²) >= 11 is 1.90. The van der Waals surface area contributed by atoms with Gasteiger partial charge in [-0.15, -0.1) is 0 Å². The molecule has 0 amide bonds. The van der Waals surface area contributed by atoms with Crippen molar-refractivity contribution in [2.24, 2.45) is 0 Å². The van der Waals surface area contributed by atoms with Crippen molar-refractivity contribution in [2.45, 2.75) is 6.10 Å². The van der Waals surface area contributed by atoms with Crippen LogP contribution in [0.25, 0.3) is 0 Å². The zero-order valence-electron chi connectivity index (χ0n) is 9.51. The van der Waals surface area contributed by atoms with E-state index in [1.54, 1.807) is 6.07 Å². The van der Waals surface area contributed by atoms with E-state index in [0.29, 0.717) is 5.75 Å². The molecule has 0 spiro atoms. The van der Waals surface area contributed by atoms with Crippen molar-refractivity contribution in [1.29, 1.82) is 0 Å². The monoisotopic (exact) mass is 350 g/mol. The molecule has 0 heterocycles. The molecule has 0 aliphatic heterocycles. The SMILES string of the molecule is OC(C#CI)c1cccc(Oc2ccccc2)c1. The van der Waals surface area contributed by atoms with Crippen LogP contribution >= 0.6 is 22.6 Å². The molecule has 2 aromatic rings. The molecule has 0 aromatic heterocycles. The quantitative estimate of drug-likeness (QED) is 0.672. The van der Waals surface area contributed by atoms with Crippen molar-refractivity contribution in [1.82, 2.24) is 0 Å². The molecule has 0 saturated heterocycles. The van der Waals surface area contributed by atoms with E-state index >= 15 is 0 Å². The average Bonchev–Trinajstić information content (AvgIpc) is 2.40. The first-order valence-corrected chi connectivity index (χ1v) is 6.49. The van der Waals surface area contributed by atoms with Crippen molar-refractivity contribution in [2.75, 3.05) is 0 Å². The summed E-state index contributed by atoms with van der Waals surface area (Å²) < 4.78 is 8.35. The third kappa shape index (κ3) is 3.49. The third-order valence-corrected chi connectivity index (χ3v) is 2.66. The van der Waals surface area contributed by atoms with E-state index in [1.165, 1.54) is 0 Å². The van der Waals surface area contributed by atoms with Gasteiger partial charge in [0.15, 0.2) is 0 Å². The van der Waals surface area contributed by atoms with Crippen molar-refractivity contribution in [3.05, 3.63) is 60.2 Å². The van der Waals surface area contributed by atoms with Crippen LogP contribution in [-0.2, 0) is 0 Å². The van der Waals surface area contributed by atoms with Gasteiger partial charge in [-0.3, -0.25) is 0 Å². The number of hydrogen-bond acceptors (Lipinski definition) is 2. The fourth-order valence-corrected chi connectivity index (χ4v) is 1.80. The van der Waals surface area contributed by atoms with Crippen molar-refractivity contribution >= 4 is 22.6 Å². The first-order chi connectivity index (χ1) is 8.79. The largest absolute Gasteiger partial charge is 0.457 e. The molecule has 0 fully saturated rings. The van der Waals surface area contributed by atoms with E-state index in [2.05, 4.69) is 9.85 Å². The molecule has 1 atom stereocenters. The topological polar surface area (TPSA) is 29.5 Å². The molecule has 3 heteroatoms. The van der Waals surface area contributed by atoms with Gasteiger partial charge in [0.1, 0.15) is 17.6 Å². The maximum Gasteiger partial charge on any atom is 0.141 e. The second-order valence-corrected chi connectivity index (χ2v) is 4.17. The van der Waals surface area contributed by atoms with E-state index in [9.17, 15) is 5.11 Å². The normalized spacial score (nSPS) is 11.2. The molecule has 0 bridgehead atoms. The highest BCUT2D eigenvalue weighted by molar-refractivity contribution is 14.1. The van der Waals surface area contributed by atoms with E-state index < -0.39 is 6.10 Å². The zero-order chi connectivity index (χ0) is 12.8. The smallest absolute Gasteiger partial charge is 0.141 e. The Labute approximate surface area is 120 Å². The Hall–Kier alpha value is -1.51. The van der Waals surface area contributed by atoms with E-state index in [0.717, 1.165) is 11.3 Å². The predicted molar refractivity (Wildman–Crippen MR) is 79.7 cm³/mol. The number of benzene rings is 2. The lowest BCUT2D eigenvalue weighted by atomic mass is 10.1. The summed E-state index contributed by atoms with van der Waals surface area (Å²) in [7, 11) is 0. The summed E-state index contributed by atoms with van der Waals surface area (Å²) in [4.78, 5) is 0. The standard InChI is InChI=1S/C15H11IO2/c16-10-9-15(17)12-5-4-8-14(11-12)18-13-6-2-1-3-7-13/h1-8,11,15,17H. The summed E-state index contributed by atoms with van der Waals surface area (Å²) in [6.45, 7) is 0. The van der Waals surface area contributed by atoms with Crippen molar-refractivity contribution in [3.63, 3.8) is 0 Å². The number of para-hydroxylation sites is 1. The van der Waals surface area contributed by atoms with Crippen LogP contribution in [0.15, 0.2) is 54.6 Å². The van der Waals surface area contributed by atoms with Crippen LogP contribution in [0.2, 0.25) is 0 Å². The van der Waals surface area contributed by atoms with Crippen LogP contribution in [0.4, 0.5) is 0 Å². The van der Waals surface area contributed by atoms with Crippen molar-refractivity contribution < 1.29 is 9.84 Å². The molecule has 0 aliphatic carbocycles. The Bertz CT molecular complexity index is 570. The van der Waals surface area contributed by atoms with Gasteiger partial charge in [-0.05, 0) is 33.8 Å². The van der Waals surface area contributed by atoms with Crippen molar-refractivity contribution in [3.8, 4) is 21.3 Å². The minimum atomic E-state index is -0.777. The van der Waals surface area contributed by atoms with Crippen LogP contribution in [0.5, 0.6) is 11.5 Å². The minimum absolute atomic E-state index is 0.688. The molecular formula is C15H11IO2. The van der Waals surface area contributed by atoms with Gasteiger partial charge in [-0.1, -0.05) is 36.3 Å².